The zero-order valence-corrected chi connectivity index (χ0v) is 12.3. The van der Waals surface area contributed by atoms with Gasteiger partial charge in [0.2, 0.25) is 0 Å². The van der Waals surface area contributed by atoms with E-state index in [1.54, 1.807) is 7.11 Å². The highest BCUT2D eigenvalue weighted by atomic mass is 16.7. The first-order chi connectivity index (χ1) is 9.65. The van der Waals surface area contributed by atoms with E-state index in [0.717, 1.165) is 24.8 Å². The van der Waals surface area contributed by atoms with Gasteiger partial charge in [-0.1, -0.05) is 13.8 Å². The second-order valence-electron chi connectivity index (χ2n) is 5.28. The number of methoxy groups -OCH3 is 1. The molecule has 1 unspecified atom stereocenters. The fourth-order valence-electron chi connectivity index (χ4n) is 2.25. The average molecular weight is 275 g/mol. The van der Waals surface area contributed by atoms with Crippen molar-refractivity contribution in [3.05, 3.63) is 23.3 Å². The van der Waals surface area contributed by atoms with Crippen LogP contribution in [0.5, 0.6) is 11.5 Å². The Morgan fingerprint density at radius 2 is 2.15 bits per heavy atom. The molecular weight excluding hydrogens is 254 g/mol. The maximum atomic E-state index is 9.35. The van der Waals surface area contributed by atoms with Gasteiger partial charge < -0.3 is 14.2 Å². The van der Waals surface area contributed by atoms with Crippen molar-refractivity contribution in [2.45, 2.75) is 45.3 Å². The Morgan fingerprint density at radius 1 is 1.35 bits per heavy atom. The highest BCUT2D eigenvalue weighted by molar-refractivity contribution is 5.55. The van der Waals surface area contributed by atoms with Crippen LogP contribution in [0.2, 0.25) is 0 Å². The van der Waals surface area contributed by atoms with Crippen LogP contribution in [0, 0.1) is 11.3 Å². The van der Waals surface area contributed by atoms with Crippen molar-refractivity contribution in [3.63, 3.8) is 0 Å². The number of benzene rings is 1. The maximum absolute atomic E-state index is 9.35. The van der Waals surface area contributed by atoms with Crippen molar-refractivity contribution in [1.29, 1.82) is 5.26 Å². The molecule has 4 nitrogen and oxygen atoms in total. The first kappa shape index (κ1) is 14.7. The van der Waals surface area contributed by atoms with E-state index >= 15 is 0 Å². The van der Waals surface area contributed by atoms with Gasteiger partial charge in [0.05, 0.1) is 19.3 Å². The van der Waals surface area contributed by atoms with Crippen molar-refractivity contribution in [3.8, 4) is 17.6 Å². The Morgan fingerprint density at radius 3 is 2.70 bits per heavy atom. The number of nitriles is 1. The zero-order chi connectivity index (χ0) is 14.5. The molecule has 1 fully saturated rings. The molecule has 108 valence electrons. The summed E-state index contributed by atoms with van der Waals surface area (Å²) in [7, 11) is 1.59. The normalized spacial score (nSPS) is 18.6. The fourth-order valence-corrected chi connectivity index (χ4v) is 2.25. The van der Waals surface area contributed by atoms with Gasteiger partial charge in [0.15, 0.2) is 17.8 Å². The molecule has 2 rings (SSSR count). The lowest BCUT2D eigenvalue weighted by molar-refractivity contribution is -0.106. The molecule has 1 heterocycles. The lowest BCUT2D eigenvalue weighted by Gasteiger charge is -2.25. The third kappa shape index (κ3) is 3.23. The van der Waals surface area contributed by atoms with Gasteiger partial charge in [-0.25, -0.2) is 0 Å². The van der Waals surface area contributed by atoms with E-state index in [-0.39, 0.29) is 6.29 Å². The molecule has 1 aliphatic rings. The van der Waals surface area contributed by atoms with E-state index in [0.29, 0.717) is 29.6 Å². The summed E-state index contributed by atoms with van der Waals surface area (Å²) in [6.45, 7) is 4.88. The summed E-state index contributed by atoms with van der Waals surface area (Å²) in [5, 5.41) is 9.35. The van der Waals surface area contributed by atoms with Crippen LogP contribution in [0.15, 0.2) is 12.1 Å². The fraction of sp³-hybridized carbons (Fsp3) is 0.562. The average Bonchev–Trinajstić information content (AvgIpc) is 2.48. The molecule has 4 heteroatoms. The maximum Gasteiger partial charge on any atom is 0.200 e. The standard InChI is InChI=1S/C16H21NO3/c1-11(2)12-8-13(10-17)16(14(9-12)18-3)20-15-6-4-5-7-19-15/h8-9,11,15H,4-7H2,1-3H3. The van der Waals surface area contributed by atoms with Crippen molar-refractivity contribution < 1.29 is 14.2 Å². The third-order valence-corrected chi connectivity index (χ3v) is 3.47. The minimum absolute atomic E-state index is 0.283. The van der Waals surface area contributed by atoms with Crippen molar-refractivity contribution in [2.24, 2.45) is 0 Å². The van der Waals surface area contributed by atoms with Gasteiger partial charge in [-0.15, -0.1) is 0 Å². The van der Waals surface area contributed by atoms with E-state index in [1.807, 2.05) is 12.1 Å². The minimum Gasteiger partial charge on any atom is -0.493 e. The van der Waals surface area contributed by atoms with Crippen LogP contribution in [0.3, 0.4) is 0 Å². The molecule has 1 atom stereocenters. The molecule has 0 aromatic heterocycles. The second-order valence-corrected chi connectivity index (χ2v) is 5.28. The SMILES string of the molecule is COc1cc(C(C)C)cc(C#N)c1OC1CCCCO1. The van der Waals surface area contributed by atoms with Gasteiger partial charge in [0.25, 0.3) is 0 Å². The Bertz CT molecular complexity index is 499. The lowest BCUT2D eigenvalue weighted by atomic mass is 10.00. The zero-order valence-electron chi connectivity index (χ0n) is 12.3. The van der Waals surface area contributed by atoms with E-state index in [1.165, 1.54) is 0 Å². The van der Waals surface area contributed by atoms with Crippen LogP contribution < -0.4 is 9.47 Å². The van der Waals surface area contributed by atoms with Crippen LogP contribution in [0.1, 0.15) is 50.2 Å². The van der Waals surface area contributed by atoms with E-state index < -0.39 is 0 Å². The molecule has 0 amide bonds. The van der Waals surface area contributed by atoms with Gasteiger partial charge in [-0.2, -0.15) is 5.26 Å². The van der Waals surface area contributed by atoms with Crippen molar-refractivity contribution in [2.75, 3.05) is 13.7 Å². The highest BCUT2D eigenvalue weighted by Crippen LogP contribution is 2.36. The van der Waals surface area contributed by atoms with Gasteiger partial charge in [0, 0.05) is 6.42 Å². The summed E-state index contributed by atoms with van der Waals surface area (Å²) in [6, 6.07) is 6.00. The molecular formula is C16H21NO3. The Balaban J connectivity index is 2.32. The summed E-state index contributed by atoms with van der Waals surface area (Å²) in [4.78, 5) is 0. The van der Waals surface area contributed by atoms with Crippen molar-refractivity contribution in [1.82, 2.24) is 0 Å². The van der Waals surface area contributed by atoms with Crippen LogP contribution in [0.4, 0.5) is 0 Å². The summed E-state index contributed by atoms with van der Waals surface area (Å²) in [5.41, 5.74) is 1.57. The predicted octanol–water partition coefficient (Wildman–Crippen LogP) is 3.60. The van der Waals surface area contributed by atoms with Crippen LogP contribution >= 0.6 is 0 Å². The van der Waals surface area contributed by atoms with Crippen LogP contribution in [0.25, 0.3) is 0 Å². The summed E-state index contributed by atoms with van der Waals surface area (Å²) < 4.78 is 16.8. The molecule has 1 aromatic carbocycles. The number of nitrogens with zero attached hydrogens (tertiary/aromatic N) is 1. The third-order valence-electron chi connectivity index (χ3n) is 3.47. The number of hydrogen-bond acceptors (Lipinski definition) is 4. The van der Waals surface area contributed by atoms with E-state index in [4.69, 9.17) is 14.2 Å². The molecule has 0 N–H and O–H groups in total. The molecule has 20 heavy (non-hydrogen) atoms. The second kappa shape index (κ2) is 6.62. The quantitative estimate of drug-likeness (QED) is 0.842. The van der Waals surface area contributed by atoms with Gasteiger partial charge in [0.1, 0.15) is 6.07 Å². The summed E-state index contributed by atoms with van der Waals surface area (Å²) in [6.07, 6.45) is 2.71. The molecule has 0 spiro atoms. The molecule has 1 aliphatic heterocycles. The first-order valence-electron chi connectivity index (χ1n) is 7.06. The van der Waals surface area contributed by atoms with Crippen LogP contribution in [-0.2, 0) is 4.74 Å². The number of ether oxygens (including phenoxy) is 3. The van der Waals surface area contributed by atoms with Crippen LogP contribution in [-0.4, -0.2) is 20.0 Å². The monoisotopic (exact) mass is 275 g/mol. The molecule has 0 aliphatic carbocycles. The Hall–Kier alpha value is -1.73. The largest absolute Gasteiger partial charge is 0.493 e. The first-order valence-corrected chi connectivity index (χ1v) is 7.06. The molecule has 1 saturated heterocycles. The highest BCUT2D eigenvalue weighted by Gasteiger charge is 2.21. The molecule has 1 aromatic rings. The van der Waals surface area contributed by atoms with Gasteiger partial charge in [-0.05, 0) is 36.5 Å². The van der Waals surface area contributed by atoms with Gasteiger partial charge >= 0.3 is 0 Å². The number of hydrogen-bond donors (Lipinski definition) is 0. The predicted molar refractivity (Wildman–Crippen MR) is 76.0 cm³/mol. The summed E-state index contributed by atoms with van der Waals surface area (Å²) >= 11 is 0. The Labute approximate surface area is 120 Å². The smallest absolute Gasteiger partial charge is 0.200 e. The lowest BCUT2D eigenvalue weighted by Crippen LogP contribution is -2.25. The van der Waals surface area contributed by atoms with Crippen molar-refractivity contribution >= 4 is 0 Å². The molecule has 0 radical (unpaired) electrons. The summed E-state index contributed by atoms with van der Waals surface area (Å²) in [5.74, 6) is 1.42. The molecule has 0 saturated carbocycles. The Kier molecular flexibility index (Phi) is 4.86. The van der Waals surface area contributed by atoms with E-state index in [9.17, 15) is 5.26 Å². The van der Waals surface area contributed by atoms with Gasteiger partial charge in [-0.3, -0.25) is 0 Å². The molecule has 0 bridgehead atoms. The topological polar surface area (TPSA) is 51.5 Å². The number of rotatable bonds is 4. The van der Waals surface area contributed by atoms with E-state index in [2.05, 4.69) is 19.9 Å². The minimum atomic E-state index is -0.283.